The quantitative estimate of drug-likeness (QED) is 0.697. The molecule has 0 bridgehead atoms. The fraction of sp³-hybridized carbons (Fsp3) is 0.100. The van der Waals surface area contributed by atoms with E-state index in [1.807, 2.05) is 31.2 Å². The summed E-state index contributed by atoms with van der Waals surface area (Å²) in [6.07, 6.45) is 0. The van der Waals surface area contributed by atoms with E-state index < -0.39 is 0 Å². The number of fused-ring (bicyclic) bond motifs is 1. The van der Waals surface area contributed by atoms with E-state index in [0.29, 0.717) is 5.82 Å². The molecule has 0 aliphatic heterocycles. The van der Waals surface area contributed by atoms with E-state index in [4.69, 9.17) is 17.3 Å². The highest BCUT2D eigenvalue weighted by Crippen LogP contribution is 2.22. The Morgan fingerprint density at radius 2 is 2.08 bits per heavy atom. The lowest BCUT2D eigenvalue weighted by atomic mass is 10.1. The molecule has 0 aliphatic carbocycles. The predicted octanol–water partition coefficient (Wildman–Crippen LogP) is 2.78. The zero-order valence-corrected chi connectivity index (χ0v) is 7.97. The molecule has 1 aromatic carbocycles. The number of hydrogen-bond acceptors (Lipinski definition) is 2. The summed E-state index contributed by atoms with van der Waals surface area (Å²) in [5.41, 5.74) is 7.61. The normalized spacial score (nSPS) is 10.6. The van der Waals surface area contributed by atoms with Crippen LogP contribution < -0.4 is 5.73 Å². The van der Waals surface area contributed by atoms with E-state index in [9.17, 15) is 0 Å². The molecule has 0 saturated carbocycles. The molecule has 2 rings (SSSR count). The van der Waals surface area contributed by atoms with Crippen molar-refractivity contribution >= 4 is 28.3 Å². The first kappa shape index (κ1) is 8.32. The number of rotatable bonds is 0. The van der Waals surface area contributed by atoms with Crippen molar-refractivity contribution in [2.75, 3.05) is 5.73 Å². The molecule has 0 amide bonds. The first-order valence-corrected chi connectivity index (χ1v) is 4.37. The molecular weight excluding hydrogens is 184 g/mol. The largest absolute Gasteiger partial charge is 0.384 e. The Labute approximate surface area is 81.3 Å². The average molecular weight is 193 g/mol. The van der Waals surface area contributed by atoms with Gasteiger partial charge in [-0.05, 0) is 36.8 Å². The molecule has 0 saturated heterocycles. The Balaban J connectivity index is 2.87. The third-order valence-corrected chi connectivity index (χ3v) is 2.23. The van der Waals surface area contributed by atoms with Crippen molar-refractivity contribution in [2.24, 2.45) is 0 Å². The number of nitrogens with zero attached hydrogens (tertiary/aromatic N) is 1. The monoisotopic (exact) mass is 192 g/mol. The Bertz CT molecular complexity index is 466. The molecule has 1 heterocycles. The van der Waals surface area contributed by atoms with Crippen LogP contribution in [0.1, 0.15) is 5.56 Å². The number of aryl methyl sites for hydroxylation is 1. The summed E-state index contributed by atoms with van der Waals surface area (Å²) in [5, 5.41) is 1.78. The fourth-order valence-corrected chi connectivity index (χ4v) is 1.56. The molecule has 0 aliphatic rings. The van der Waals surface area contributed by atoms with Crippen LogP contribution in [-0.2, 0) is 0 Å². The zero-order chi connectivity index (χ0) is 9.42. The Hall–Kier alpha value is -1.28. The number of halogens is 1. The van der Waals surface area contributed by atoms with Crippen molar-refractivity contribution in [1.82, 2.24) is 4.98 Å². The van der Waals surface area contributed by atoms with Crippen LogP contribution in [0.15, 0.2) is 24.3 Å². The third-order valence-electron chi connectivity index (χ3n) is 2.00. The zero-order valence-electron chi connectivity index (χ0n) is 7.21. The fourth-order valence-electron chi connectivity index (χ4n) is 1.39. The number of pyridine rings is 1. The number of benzene rings is 1. The van der Waals surface area contributed by atoms with Gasteiger partial charge in [-0.15, -0.1) is 0 Å². The summed E-state index contributed by atoms with van der Waals surface area (Å²) in [7, 11) is 0. The van der Waals surface area contributed by atoms with Crippen LogP contribution in [0.2, 0.25) is 5.02 Å². The van der Waals surface area contributed by atoms with Gasteiger partial charge in [-0.3, -0.25) is 0 Å². The van der Waals surface area contributed by atoms with Crippen LogP contribution in [0.25, 0.3) is 10.9 Å². The molecule has 2 nitrogen and oxygen atoms in total. The van der Waals surface area contributed by atoms with Crippen LogP contribution in [0.4, 0.5) is 5.82 Å². The Morgan fingerprint density at radius 3 is 2.85 bits per heavy atom. The van der Waals surface area contributed by atoms with E-state index >= 15 is 0 Å². The van der Waals surface area contributed by atoms with Crippen molar-refractivity contribution in [3.63, 3.8) is 0 Å². The molecule has 0 atom stereocenters. The van der Waals surface area contributed by atoms with Gasteiger partial charge >= 0.3 is 0 Å². The number of nitrogens with two attached hydrogens (primary N) is 1. The number of aromatic nitrogens is 1. The molecular formula is C10H9ClN2. The summed E-state index contributed by atoms with van der Waals surface area (Å²) in [4.78, 5) is 4.20. The molecule has 0 fully saturated rings. The minimum atomic E-state index is 0.548. The lowest BCUT2D eigenvalue weighted by Gasteiger charge is -2.03. The van der Waals surface area contributed by atoms with E-state index in [0.717, 1.165) is 21.5 Å². The van der Waals surface area contributed by atoms with E-state index in [-0.39, 0.29) is 0 Å². The van der Waals surface area contributed by atoms with Crippen molar-refractivity contribution < 1.29 is 0 Å². The SMILES string of the molecule is Cc1cc(N)nc2ccc(Cl)cc12. The summed E-state index contributed by atoms with van der Waals surface area (Å²) in [5.74, 6) is 0.548. The van der Waals surface area contributed by atoms with Gasteiger partial charge in [-0.25, -0.2) is 4.98 Å². The third kappa shape index (κ3) is 1.45. The second kappa shape index (κ2) is 2.89. The lowest BCUT2D eigenvalue weighted by Crippen LogP contribution is -1.92. The van der Waals surface area contributed by atoms with Gasteiger partial charge in [-0.1, -0.05) is 11.6 Å². The Morgan fingerprint density at radius 1 is 1.31 bits per heavy atom. The topological polar surface area (TPSA) is 38.9 Å². The van der Waals surface area contributed by atoms with Crippen LogP contribution in [0, 0.1) is 6.92 Å². The first-order valence-electron chi connectivity index (χ1n) is 3.99. The molecule has 0 radical (unpaired) electrons. The minimum Gasteiger partial charge on any atom is -0.384 e. The van der Waals surface area contributed by atoms with Gasteiger partial charge in [0.05, 0.1) is 5.52 Å². The van der Waals surface area contributed by atoms with E-state index in [2.05, 4.69) is 4.98 Å². The van der Waals surface area contributed by atoms with Crippen LogP contribution in [0.5, 0.6) is 0 Å². The Kier molecular flexibility index (Phi) is 1.85. The molecule has 3 heteroatoms. The molecule has 2 aromatic rings. The molecule has 66 valence electrons. The molecule has 2 N–H and O–H groups in total. The van der Waals surface area contributed by atoms with Gasteiger partial charge in [0.25, 0.3) is 0 Å². The van der Waals surface area contributed by atoms with Gasteiger partial charge in [0.2, 0.25) is 0 Å². The molecule has 13 heavy (non-hydrogen) atoms. The maximum Gasteiger partial charge on any atom is 0.124 e. The molecule has 1 aromatic heterocycles. The highest BCUT2D eigenvalue weighted by atomic mass is 35.5. The summed E-state index contributed by atoms with van der Waals surface area (Å²) in [6.45, 7) is 2.00. The lowest BCUT2D eigenvalue weighted by molar-refractivity contribution is 1.37. The van der Waals surface area contributed by atoms with Gasteiger partial charge < -0.3 is 5.73 Å². The summed E-state index contributed by atoms with van der Waals surface area (Å²) >= 11 is 5.87. The van der Waals surface area contributed by atoms with Gasteiger partial charge in [0, 0.05) is 10.4 Å². The second-order valence-electron chi connectivity index (χ2n) is 3.03. The maximum atomic E-state index is 5.87. The number of hydrogen-bond donors (Lipinski definition) is 1. The molecule has 0 spiro atoms. The summed E-state index contributed by atoms with van der Waals surface area (Å²) < 4.78 is 0. The van der Waals surface area contributed by atoms with Crippen molar-refractivity contribution in [2.45, 2.75) is 6.92 Å². The van der Waals surface area contributed by atoms with Crippen LogP contribution in [0.3, 0.4) is 0 Å². The van der Waals surface area contributed by atoms with Crippen molar-refractivity contribution in [3.05, 3.63) is 34.9 Å². The standard InChI is InChI=1S/C10H9ClN2/c1-6-4-10(12)13-9-3-2-7(11)5-8(6)9/h2-5H,1H3,(H2,12,13). The minimum absolute atomic E-state index is 0.548. The van der Waals surface area contributed by atoms with Crippen molar-refractivity contribution in [1.29, 1.82) is 0 Å². The molecule has 0 unspecified atom stereocenters. The highest BCUT2D eigenvalue weighted by Gasteiger charge is 2.00. The van der Waals surface area contributed by atoms with E-state index in [1.54, 1.807) is 0 Å². The van der Waals surface area contributed by atoms with Gasteiger partial charge in [-0.2, -0.15) is 0 Å². The van der Waals surface area contributed by atoms with Gasteiger partial charge in [0.15, 0.2) is 0 Å². The summed E-state index contributed by atoms with van der Waals surface area (Å²) in [6, 6.07) is 7.44. The van der Waals surface area contributed by atoms with Crippen LogP contribution >= 0.6 is 11.6 Å². The van der Waals surface area contributed by atoms with E-state index in [1.165, 1.54) is 0 Å². The van der Waals surface area contributed by atoms with Crippen LogP contribution in [-0.4, -0.2) is 4.98 Å². The first-order chi connectivity index (χ1) is 6.16. The second-order valence-corrected chi connectivity index (χ2v) is 3.46. The number of anilines is 1. The maximum absolute atomic E-state index is 5.87. The van der Waals surface area contributed by atoms with Crippen molar-refractivity contribution in [3.8, 4) is 0 Å². The highest BCUT2D eigenvalue weighted by molar-refractivity contribution is 6.31. The predicted molar refractivity (Wildman–Crippen MR) is 55.9 cm³/mol. The van der Waals surface area contributed by atoms with Gasteiger partial charge in [0.1, 0.15) is 5.82 Å². The average Bonchev–Trinajstić information content (AvgIpc) is 2.06. The number of nitrogen functional groups attached to an aromatic ring is 1. The smallest absolute Gasteiger partial charge is 0.124 e.